The predicted molar refractivity (Wildman–Crippen MR) is 125 cm³/mol. The number of piperazine rings is 1. The van der Waals surface area contributed by atoms with Crippen molar-refractivity contribution in [2.45, 2.75) is 6.92 Å². The van der Waals surface area contributed by atoms with Crippen molar-refractivity contribution in [2.75, 3.05) is 57.9 Å². The van der Waals surface area contributed by atoms with Crippen molar-refractivity contribution in [3.63, 3.8) is 0 Å². The van der Waals surface area contributed by atoms with Crippen LogP contribution in [0.25, 0.3) is 10.2 Å². The molecule has 8 heteroatoms. The first-order chi connectivity index (χ1) is 15.1. The average molecular weight is 441 g/mol. The van der Waals surface area contributed by atoms with Crippen LogP contribution in [0.3, 0.4) is 0 Å². The van der Waals surface area contributed by atoms with Crippen LogP contribution in [0.1, 0.15) is 5.56 Å². The zero-order valence-electron chi connectivity index (χ0n) is 18.0. The van der Waals surface area contributed by atoms with E-state index in [1.54, 1.807) is 18.4 Å². The molecule has 4 rings (SSSR count). The third-order valence-corrected chi connectivity index (χ3v) is 6.67. The Bertz CT molecular complexity index is 1020. The number of amides is 1. The summed E-state index contributed by atoms with van der Waals surface area (Å²) in [6.45, 7) is 7.34. The Balaban J connectivity index is 1.22. The maximum Gasteiger partial charge on any atom is 0.257 e. The lowest BCUT2D eigenvalue weighted by Crippen LogP contribution is -2.48. The Labute approximate surface area is 186 Å². The number of carbonyl (C=O) groups excluding carboxylic acids is 1. The van der Waals surface area contributed by atoms with Gasteiger partial charge in [-0.15, -0.1) is 0 Å². The molecule has 7 nitrogen and oxygen atoms in total. The number of thiazole rings is 1. The fraction of sp³-hybridized carbons (Fsp3) is 0.391. The highest BCUT2D eigenvalue weighted by Gasteiger charge is 2.21. The molecule has 1 aromatic heterocycles. The number of rotatable bonds is 8. The maximum atomic E-state index is 12.0. The summed E-state index contributed by atoms with van der Waals surface area (Å²) in [4.78, 5) is 21.5. The van der Waals surface area contributed by atoms with Gasteiger partial charge in [0.25, 0.3) is 5.91 Å². The largest absolute Gasteiger partial charge is 0.494 e. The number of hydrogen-bond acceptors (Lipinski definition) is 7. The molecule has 0 aliphatic carbocycles. The summed E-state index contributed by atoms with van der Waals surface area (Å²) < 4.78 is 12.1. The Morgan fingerprint density at radius 2 is 1.90 bits per heavy atom. The quantitative estimate of drug-likeness (QED) is 0.581. The molecule has 2 aromatic carbocycles. The zero-order valence-corrected chi connectivity index (χ0v) is 18.8. The summed E-state index contributed by atoms with van der Waals surface area (Å²) >= 11 is 1.73. The topological polar surface area (TPSA) is 66.9 Å². The van der Waals surface area contributed by atoms with E-state index in [1.807, 2.05) is 36.4 Å². The monoisotopic (exact) mass is 440 g/mol. The number of methoxy groups -OCH3 is 1. The van der Waals surface area contributed by atoms with Crippen molar-refractivity contribution in [1.82, 2.24) is 15.2 Å². The lowest BCUT2D eigenvalue weighted by Gasteiger charge is -2.34. The predicted octanol–water partition coefficient (Wildman–Crippen LogP) is 2.93. The maximum absolute atomic E-state index is 12.0. The van der Waals surface area contributed by atoms with Crippen LogP contribution in [0.4, 0.5) is 5.13 Å². The van der Waals surface area contributed by atoms with Crippen molar-refractivity contribution in [3.8, 4) is 11.5 Å². The van der Waals surface area contributed by atoms with Crippen LogP contribution in [0.15, 0.2) is 42.5 Å². The van der Waals surface area contributed by atoms with Crippen LogP contribution in [-0.4, -0.2) is 68.8 Å². The molecule has 164 valence electrons. The van der Waals surface area contributed by atoms with Crippen molar-refractivity contribution < 1.29 is 14.3 Å². The number of aryl methyl sites for hydroxylation is 1. The first-order valence-electron chi connectivity index (χ1n) is 10.5. The second-order valence-electron chi connectivity index (χ2n) is 7.54. The van der Waals surface area contributed by atoms with Gasteiger partial charge >= 0.3 is 0 Å². The minimum absolute atomic E-state index is 0.0400. The number of benzene rings is 2. The molecule has 0 atom stereocenters. The molecule has 2 heterocycles. The highest BCUT2D eigenvalue weighted by Crippen LogP contribution is 2.36. The molecule has 1 saturated heterocycles. The van der Waals surface area contributed by atoms with Crippen molar-refractivity contribution in [1.29, 1.82) is 0 Å². The fourth-order valence-electron chi connectivity index (χ4n) is 3.63. The summed E-state index contributed by atoms with van der Waals surface area (Å²) in [5.41, 5.74) is 2.18. The van der Waals surface area contributed by atoms with Crippen LogP contribution >= 0.6 is 11.3 Å². The van der Waals surface area contributed by atoms with E-state index in [1.165, 1.54) is 10.3 Å². The van der Waals surface area contributed by atoms with E-state index in [-0.39, 0.29) is 12.5 Å². The summed E-state index contributed by atoms with van der Waals surface area (Å²) in [5.74, 6) is 1.44. The van der Waals surface area contributed by atoms with Crippen LogP contribution in [-0.2, 0) is 4.79 Å². The second-order valence-corrected chi connectivity index (χ2v) is 8.52. The Morgan fingerprint density at radius 3 is 2.65 bits per heavy atom. The molecule has 1 N–H and O–H groups in total. The van der Waals surface area contributed by atoms with Crippen LogP contribution in [0.5, 0.6) is 11.5 Å². The number of carbonyl (C=O) groups is 1. The highest BCUT2D eigenvalue weighted by molar-refractivity contribution is 7.22. The molecule has 1 amide bonds. The summed E-state index contributed by atoms with van der Waals surface area (Å²) in [6.07, 6.45) is 0. The molecule has 0 spiro atoms. The van der Waals surface area contributed by atoms with Gasteiger partial charge in [0, 0.05) is 39.3 Å². The van der Waals surface area contributed by atoms with E-state index < -0.39 is 0 Å². The number of hydrogen-bond donors (Lipinski definition) is 1. The first-order valence-corrected chi connectivity index (χ1v) is 11.3. The molecule has 1 fully saturated rings. The SMILES string of the molecule is COc1ccc(C)c2sc(N3CCN(CCNC(=O)COc4ccccc4)CC3)nc12. The van der Waals surface area contributed by atoms with Crippen LogP contribution < -0.4 is 19.7 Å². The minimum atomic E-state index is -0.0960. The van der Waals surface area contributed by atoms with Crippen molar-refractivity contribution in [3.05, 3.63) is 48.0 Å². The molecule has 3 aromatic rings. The standard InChI is InChI=1S/C23H28N4O3S/c1-17-8-9-19(29-2)21-22(17)31-23(25-21)27-14-12-26(13-15-27)11-10-24-20(28)16-30-18-6-4-3-5-7-18/h3-9H,10-16H2,1-2H3,(H,24,28). The van der Waals surface area contributed by atoms with E-state index in [4.69, 9.17) is 14.5 Å². The molecular formula is C23H28N4O3S. The van der Waals surface area contributed by atoms with Gasteiger partial charge in [-0.2, -0.15) is 0 Å². The van der Waals surface area contributed by atoms with Gasteiger partial charge in [0.05, 0.1) is 11.8 Å². The number of aromatic nitrogens is 1. The molecule has 1 aliphatic rings. The van der Waals surface area contributed by atoms with Crippen molar-refractivity contribution in [2.24, 2.45) is 0 Å². The number of fused-ring (bicyclic) bond motifs is 1. The van der Waals surface area contributed by atoms with Gasteiger partial charge in [-0.3, -0.25) is 9.69 Å². The Morgan fingerprint density at radius 1 is 1.13 bits per heavy atom. The van der Waals surface area contributed by atoms with Gasteiger partial charge in [0.15, 0.2) is 11.7 Å². The van der Waals surface area contributed by atoms with Gasteiger partial charge < -0.3 is 19.7 Å². The van der Waals surface area contributed by atoms with E-state index in [2.05, 4.69) is 28.1 Å². The number of nitrogens with zero attached hydrogens (tertiary/aromatic N) is 3. The normalized spacial score (nSPS) is 14.6. The Hall–Kier alpha value is -2.84. The van der Waals surface area contributed by atoms with E-state index >= 15 is 0 Å². The summed E-state index contributed by atoms with van der Waals surface area (Å²) in [7, 11) is 1.69. The molecule has 1 aliphatic heterocycles. The number of para-hydroxylation sites is 1. The van der Waals surface area contributed by atoms with Gasteiger partial charge in [0.2, 0.25) is 0 Å². The van der Waals surface area contributed by atoms with E-state index in [0.29, 0.717) is 12.3 Å². The molecule has 0 radical (unpaired) electrons. The molecule has 0 unspecified atom stereocenters. The number of nitrogens with one attached hydrogen (secondary N) is 1. The zero-order chi connectivity index (χ0) is 21.6. The van der Waals surface area contributed by atoms with E-state index in [9.17, 15) is 4.79 Å². The van der Waals surface area contributed by atoms with Crippen LogP contribution in [0, 0.1) is 6.92 Å². The van der Waals surface area contributed by atoms with E-state index in [0.717, 1.165) is 49.1 Å². The lowest BCUT2D eigenvalue weighted by molar-refractivity contribution is -0.123. The minimum Gasteiger partial charge on any atom is -0.494 e. The first kappa shape index (κ1) is 21.4. The lowest BCUT2D eigenvalue weighted by atomic mass is 10.2. The third kappa shape index (κ3) is 5.26. The number of anilines is 1. The fourth-order valence-corrected chi connectivity index (χ4v) is 4.73. The van der Waals surface area contributed by atoms with Crippen LogP contribution in [0.2, 0.25) is 0 Å². The molecule has 0 saturated carbocycles. The van der Waals surface area contributed by atoms with Gasteiger partial charge in [-0.05, 0) is 30.7 Å². The molecule has 31 heavy (non-hydrogen) atoms. The van der Waals surface area contributed by atoms with Gasteiger partial charge in [0.1, 0.15) is 17.0 Å². The molecular weight excluding hydrogens is 412 g/mol. The average Bonchev–Trinajstić information content (AvgIpc) is 3.26. The van der Waals surface area contributed by atoms with Crippen molar-refractivity contribution >= 4 is 32.6 Å². The highest BCUT2D eigenvalue weighted by atomic mass is 32.1. The second kappa shape index (κ2) is 9.98. The smallest absolute Gasteiger partial charge is 0.257 e. The third-order valence-electron chi connectivity index (χ3n) is 5.42. The summed E-state index contributed by atoms with van der Waals surface area (Å²) in [6, 6.07) is 13.4. The summed E-state index contributed by atoms with van der Waals surface area (Å²) in [5, 5.41) is 3.99. The van der Waals surface area contributed by atoms with Gasteiger partial charge in [-0.25, -0.2) is 4.98 Å². The Kier molecular flexibility index (Phi) is 6.89. The molecule has 0 bridgehead atoms. The number of ether oxygens (including phenoxy) is 2. The van der Waals surface area contributed by atoms with Gasteiger partial charge in [-0.1, -0.05) is 35.6 Å².